The van der Waals surface area contributed by atoms with Crippen LogP contribution in [0.3, 0.4) is 0 Å². The Labute approximate surface area is 139 Å². The Morgan fingerprint density at radius 1 is 1.25 bits per heavy atom. The Kier molecular flexibility index (Phi) is 4.37. The molecule has 3 heterocycles. The lowest BCUT2D eigenvalue weighted by molar-refractivity contribution is 0.0942. The van der Waals surface area contributed by atoms with E-state index in [0.717, 1.165) is 11.4 Å². The number of aromatic nitrogens is 6. The lowest BCUT2D eigenvalue weighted by Crippen LogP contribution is -2.31. The molecule has 3 aromatic rings. The summed E-state index contributed by atoms with van der Waals surface area (Å²) in [6.45, 7) is 6.44. The first-order valence-electron chi connectivity index (χ1n) is 7.67. The van der Waals surface area contributed by atoms with E-state index in [9.17, 15) is 4.79 Å². The molecule has 1 atom stereocenters. The predicted molar refractivity (Wildman–Crippen MR) is 87.9 cm³/mol. The van der Waals surface area contributed by atoms with Crippen LogP contribution in [0.4, 0.5) is 0 Å². The molecule has 0 unspecified atom stereocenters. The zero-order valence-corrected chi connectivity index (χ0v) is 13.8. The number of amides is 1. The van der Waals surface area contributed by atoms with E-state index in [0.29, 0.717) is 18.1 Å². The van der Waals surface area contributed by atoms with Crippen LogP contribution >= 0.6 is 0 Å². The lowest BCUT2D eigenvalue weighted by Gasteiger charge is -2.15. The first kappa shape index (κ1) is 15.9. The molecule has 0 saturated heterocycles. The summed E-state index contributed by atoms with van der Waals surface area (Å²) in [6.07, 6.45) is 3.07. The van der Waals surface area contributed by atoms with Gasteiger partial charge in [-0.3, -0.25) is 14.0 Å². The molecule has 3 aromatic heterocycles. The van der Waals surface area contributed by atoms with E-state index in [2.05, 4.69) is 25.6 Å². The van der Waals surface area contributed by atoms with Gasteiger partial charge in [-0.2, -0.15) is 5.10 Å². The minimum Gasteiger partial charge on any atom is -0.349 e. The van der Waals surface area contributed by atoms with Gasteiger partial charge in [0.1, 0.15) is 24.2 Å². The maximum absolute atomic E-state index is 12.3. The molecular weight excluding hydrogens is 306 g/mol. The molecule has 0 radical (unpaired) electrons. The van der Waals surface area contributed by atoms with Crippen LogP contribution in [0, 0.1) is 13.8 Å². The van der Waals surface area contributed by atoms with Crippen LogP contribution < -0.4 is 5.32 Å². The van der Waals surface area contributed by atoms with Gasteiger partial charge in [-0.05, 0) is 39.0 Å². The van der Waals surface area contributed by atoms with Crippen LogP contribution in [-0.2, 0) is 0 Å². The summed E-state index contributed by atoms with van der Waals surface area (Å²) in [6, 6.07) is 7.32. The number of aryl methyl sites for hydroxylation is 2. The molecule has 0 fully saturated rings. The number of hydrogen-bond donors (Lipinski definition) is 1. The smallest absolute Gasteiger partial charge is 0.270 e. The van der Waals surface area contributed by atoms with Gasteiger partial charge in [0.25, 0.3) is 5.91 Å². The van der Waals surface area contributed by atoms with E-state index in [1.807, 2.05) is 31.5 Å². The second-order valence-electron chi connectivity index (χ2n) is 5.68. The molecule has 3 rings (SSSR count). The number of pyridine rings is 1. The zero-order chi connectivity index (χ0) is 17.1. The molecular formula is C16H19N7O. The van der Waals surface area contributed by atoms with Crippen molar-refractivity contribution < 1.29 is 4.79 Å². The Hall–Kier alpha value is -3.03. The summed E-state index contributed by atoms with van der Waals surface area (Å²) in [5, 5.41) is 14.8. The largest absolute Gasteiger partial charge is 0.349 e. The van der Waals surface area contributed by atoms with Crippen molar-refractivity contribution in [1.82, 2.24) is 34.8 Å². The molecule has 0 aromatic carbocycles. The Morgan fingerprint density at radius 3 is 2.67 bits per heavy atom. The second kappa shape index (κ2) is 6.61. The van der Waals surface area contributed by atoms with Gasteiger partial charge in [0.05, 0.1) is 11.7 Å². The van der Waals surface area contributed by atoms with Gasteiger partial charge < -0.3 is 5.32 Å². The minimum atomic E-state index is -0.224. The van der Waals surface area contributed by atoms with Crippen LogP contribution in [0.15, 0.2) is 36.9 Å². The summed E-state index contributed by atoms with van der Waals surface area (Å²) in [4.78, 5) is 16.7. The summed E-state index contributed by atoms with van der Waals surface area (Å²) in [5.74, 6) is 0.373. The van der Waals surface area contributed by atoms with Crippen LogP contribution in [0.2, 0.25) is 0 Å². The third kappa shape index (κ3) is 3.32. The molecule has 0 spiro atoms. The highest BCUT2D eigenvalue weighted by atomic mass is 16.1. The molecule has 124 valence electrons. The lowest BCUT2D eigenvalue weighted by atomic mass is 10.3. The third-order valence-electron chi connectivity index (χ3n) is 3.67. The van der Waals surface area contributed by atoms with Crippen LogP contribution in [0.25, 0.3) is 5.82 Å². The van der Waals surface area contributed by atoms with E-state index < -0.39 is 0 Å². The standard InChI is InChI=1S/C16H19N7O/c1-11-7-12(2)23(21-11)13(3)8-17-16(24)14-5-4-6-15(20-14)22-9-18-19-10-22/h4-7,9-10,13H,8H2,1-3H3,(H,17,24)/t13-/m1/s1. The average molecular weight is 325 g/mol. The fourth-order valence-electron chi connectivity index (χ4n) is 2.52. The molecule has 1 amide bonds. The van der Waals surface area contributed by atoms with Crippen LogP contribution in [0.5, 0.6) is 0 Å². The maximum Gasteiger partial charge on any atom is 0.270 e. The summed E-state index contributed by atoms with van der Waals surface area (Å²) in [5.41, 5.74) is 2.39. The normalized spacial score (nSPS) is 12.1. The van der Waals surface area contributed by atoms with E-state index >= 15 is 0 Å². The van der Waals surface area contributed by atoms with E-state index in [1.165, 1.54) is 12.7 Å². The maximum atomic E-state index is 12.3. The third-order valence-corrected chi connectivity index (χ3v) is 3.67. The van der Waals surface area contributed by atoms with Gasteiger partial charge in [-0.25, -0.2) is 4.98 Å². The quantitative estimate of drug-likeness (QED) is 0.767. The van der Waals surface area contributed by atoms with Crippen molar-refractivity contribution in [1.29, 1.82) is 0 Å². The van der Waals surface area contributed by atoms with Crippen molar-refractivity contribution in [2.45, 2.75) is 26.8 Å². The molecule has 0 aliphatic carbocycles. The molecule has 8 nitrogen and oxygen atoms in total. The van der Waals surface area contributed by atoms with Crippen molar-refractivity contribution in [3.05, 3.63) is 54.0 Å². The van der Waals surface area contributed by atoms with E-state index in [-0.39, 0.29) is 11.9 Å². The molecule has 8 heteroatoms. The van der Waals surface area contributed by atoms with Crippen molar-refractivity contribution in [2.24, 2.45) is 0 Å². The minimum absolute atomic E-state index is 0.0590. The van der Waals surface area contributed by atoms with Crippen molar-refractivity contribution in [3.8, 4) is 5.82 Å². The fourth-order valence-corrected chi connectivity index (χ4v) is 2.52. The molecule has 1 N–H and O–H groups in total. The fraction of sp³-hybridized carbons (Fsp3) is 0.312. The summed E-state index contributed by atoms with van der Waals surface area (Å²) < 4.78 is 3.56. The van der Waals surface area contributed by atoms with Gasteiger partial charge in [0.15, 0.2) is 0 Å². The summed E-state index contributed by atoms with van der Waals surface area (Å²) in [7, 11) is 0. The van der Waals surface area contributed by atoms with Gasteiger partial charge in [0.2, 0.25) is 0 Å². The Balaban J connectivity index is 1.67. The van der Waals surface area contributed by atoms with Gasteiger partial charge in [-0.15, -0.1) is 10.2 Å². The van der Waals surface area contributed by atoms with Crippen molar-refractivity contribution in [3.63, 3.8) is 0 Å². The topological polar surface area (TPSA) is 90.5 Å². The van der Waals surface area contributed by atoms with E-state index in [1.54, 1.807) is 22.8 Å². The molecule has 0 aliphatic heterocycles. The first-order valence-corrected chi connectivity index (χ1v) is 7.67. The van der Waals surface area contributed by atoms with Crippen LogP contribution in [0.1, 0.15) is 34.8 Å². The first-order chi connectivity index (χ1) is 11.5. The van der Waals surface area contributed by atoms with Crippen molar-refractivity contribution >= 4 is 5.91 Å². The zero-order valence-electron chi connectivity index (χ0n) is 13.8. The second-order valence-corrected chi connectivity index (χ2v) is 5.68. The molecule has 0 aliphatic rings. The SMILES string of the molecule is Cc1cc(C)n([C@H](C)CNC(=O)c2cccc(-n3cnnc3)n2)n1. The van der Waals surface area contributed by atoms with Gasteiger partial charge in [0, 0.05) is 12.2 Å². The summed E-state index contributed by atoms with van der Waals surface area (Å²) >= 11 is 0. The van der Waals surface area contributed by atoms with Gasteiger partial charge in [-0.1, -0.05) is 6.07 Å². The Bertz CT molecular complexity index is 838. The molecule has 24 heavy (non-hydrogen) atoms. The average Bonchev–Trinajstić information content (AvgIpc) is 3.22. The van der Waals surface area contributed by atoms with Gasteiger partial charge >= 0.3 is 0 Å². The number of carbonyl (C=O) groups excluding carboxylic acids is 1. The van der Waals surface area contributed by atoms with Crippen molar-refractivity contribution in [2.75, 3.05) is 6.54 Å². The number of nitrogens with one attached hydrogen (secondary N) is 1. The van der Waals surface area contributed by atoms with E-state index in [4.69, 9.17) is 0 Å². The highest BCUT2D eigenvalue weighted by Crippen LogP contribution is 2.10. The highest BCUT2D eigenvalue weighted by Gasteiger charge is 2.13. The number of rotatable bonds is 5. The monoisotopic (exact) mass is 325 g/mol. The number of nitrogens with zero attached hydrogens (tertiary/aromatic N) is 6. The molecule has 0 bridgehead atoms. The van der Waals surface area contributed by atoms with Crippen LogP contribution in [-0.4, -0.2) is 42.0 Å². The highest BCUT2D eigenvalue weighted by molar-refractivity contribution is 5.92. The predicted octanol–water partition coefficient (Wildman–Crippen LogP) is 1.47. The number of hydrogen-bond acceptors (Lipinski definition) is 5. The number of carbonyl (C=O) groups is 1. The molecule has 0 saturated carbocycles. The Morgan fingerprint density at radius 2 is 2.00 bits per heavy atom.